The normalized spacial score (nSPS) is 13.5. The summed E-state index contributed by atoms with van der Waals surface area (Å²) in [6.45, 7) is 3.96. The number of aromatic nitrogens is 1. The molecule has 0 bridgehead atoms. The van der Waals surface area contributed by atoms with Crippen LogP contribution in [0.25, 0.3) is 11.5 Å². The van der Waals surface area contributed by atoms with E-state index >= 15 is 0 Å². The minimum absolute atomic E-state index is 0.137. The molecule has 1 N–H and O–H groups in total. The fraction of sp³-hybridized carbons (Fsp3) is 0.333. The SMILES string of the molecule is COC(Cc1ccc(OCC(C)c2nc(-c3ccc(C(F)(F)F)cc3)oc2C)cc1)C(=O)O. The molecule has 9 heteroatoms. The van der Waals surface area contributed by atoms with Crippen LogP contribution in [0.4, 0.5) is 13.2 Å². The van der Waals surface area contributed by atoms with Crippen LogP contribution in [0.5, 0.6) is 5.75 Å². The number of aliphatic carboxylic acids is 1. The summed E-state index contributed by atoms with van der Waals surface area (Å²) in [7, 11) is 1.35. The zero-order chi connectivity index (χ0) is 24.2. The van der Waals surface area contributed by atoms with E-state index in [1.54, 1.807) is 31.2 Å². The zero-order valence-electron chi connectivity index (χ0n) is 18.3. The Morgan fingerprint density at radius 3 is 2.30 bits per heavy atom. The van der Waals surface area contributed by atoms with E-state index in [1.165, 1.54) is 19.2 Å². The van der Waals surface area contributed by atoms with Crippen molar-refractivity contribution in [3.05, 3.63) is 71.1 Å². The standard InChI is InChI=1S/C24H24F3NO5/c1-14(13-32-19-10-4-16(5-11-19)12-20(31-3)23(29)30)21-15(2)33-22(28-21)17-6-8-18(9-7-17)24(25,26)27/h4-11,14,20H,12-13H2,1-3H3,(H,29,30). The van der Waals surface area contributed by atoms with Crippen LogP contribution in [-0.4, -0.2) is 35.9 Å². The number of halogens is 3. The topological polar surface area (TPSA) is 81.8 Å². The van der Waals surface area contributed by atoms with Crippen molar-refractivity contribution in [1.29, 1.82) is 0 Å². The maximum Gasteiger partial charge on any atom is 0.416 e. The first-order chi connectivity index (χ1) is 15.6. The molecule has 6 nitrogen and oxygen atoms in total. The number of hydrogen-bond donors (Lipinski definition) is 1. The van der Waals surface area contributed by atoms with Crippen LogP contribution in [0, 0.1) is 6.92 Å². The molecule has 0 spiro atoms. The van der Waals surface area contributed by atoms with Gasteiger partial charge in [0, 0.05) is 25.0 Å². The van der Waals surface area contributed by atoms with Gasteiger partial charge >= 0.3 is 12.1 Å². The monoisotopic (exact) mass is 463 g/mol. The molecule has 3 rings (SSSR count). The van der Waals surface area contributed by atoms with E-state index in [4.69, 9.17) is 19.0 Å². The highest BCUT2D eigenvalue weighted by Crippen LogP contribution is 2.32. The molecule has 0 saturated carbocycles. The predicted octanol–water partition coefficient (Wildman–Crippen LogP) is 5.49. The second-order valence-electron chi connectivity index (χ2n) is 7.66. The third-order valence-electron chi connectivity index (χ3n) is 5.16. The lowest BCUT2D eigenvalue weighted by Gasteiger charge is -2.13. The second-order valence-corrected chi connectivity index (χ2v) is 7.66. The van der Waals surface area contributed by atoms with E-state index in [1.807, 2.05) is 6.92 Å². The summed E-state index contributed by atoms with van der Waals surface area (Å²) in [6, 6.07) is 11.7. The van der Waals surface area contributed by atoms with Gasteiger partial charge in [0.05, 0.1) is 17.9 Å². The van der Waals surface area contributed by atoms with Crippen molar-refractivity contribution >= 4 is 5.97 Å². The number of aryl methyl sites for hydroxylation is 1. The molecule has 2 aromatic carbocycles. The smallest absolute Gasteiger partial charge is 0.416 e. The Labute approximate surface area is 189 Å². The maximum atomic E-state index is 12.8. The Balaban J connectivity index is 1.62. The van der Waals surface area contributed by atoms with Crippen LogP contribution in [0.15, 0.2) is 52.9 Å². The highest BCUT2D eigenvalue weighted by molar-refractivity contribution is 5.72. The third kappa shape index (κ3) is 6.13. The van der Waals surface area contributed by atoms with Gasteiger partial charge in [-0.15, -0.1) is 0 Å². The van der Waals surface area contributed by atoms with Crippen molar-refractivity contribution in [2.24, 2.45) is 0 Å². The summed E-state index contributed by atoms with van der Waals surface area (Å²) in [5.41, 5.74) is 1.18. The molecule has 1 heterocycles. The minimum Gasteiger partial charge on any atom is -0.493 e. The number of alkyl halides is 3. The second kappa shape index (κ2) is 10.1. The van der Waals surface area contributed by atoms with Crippen LogP contribution in [-0.2, 0) is 22.1 Å². The molecule has 3 aromatic rings. The maximum absolute atomic E-state index is 12.8. The lowest BCUT2D eigenvalue weighted by Crippen LogP contribution is -2.24. The van der Waals surface area contributed by atoms with E-state index < -0.39 is 23.8 Å². The Bertz CT molecular complexity index is 1070. The average Bonchev–Trinajstić information content (AvgIpc) is 3.17. The molecule has 0 aliphatic rings. The lowest BCUT2D eigenvalue weighted by atomic mass is 10.1. The number of methoxy groups -OCH3 is 1. The van der Waals surface area contributed by atoms with Crippen LogP contribution >= 0.6 is 0 Å². The molecule has 2 atom stereocenters. The van der Waals surface area contributed by atoms with E-state index in [0.717, 1.165) is 17.7 Å². The van der Waals surface area contributed by atoms with E-state index in [0.29, 0.717) is 29.4 Å². The average molecular weight is 463 g/mol. The Morgan fingerprint density at radius 1 is 1.12 bits per heavy atom. The molecular weight excluding hydrogens is 439 g/mol. The van der Waals surface area contributed by atoms with Gasteiger partial charge < -0.3 is 19.0 Å². The molecule has 2 unspecified atom stereocenters. The van der Waals surface area contributed by atoms with Crippen LogP contribution < -0.4 is 4.74 Å². The number of ether oxygens (including phenoxy) is 2. The van der Waals surface area contributed by atoms with Gasteiger partial charge in [0.25, 0.3) is 0 Å². The van der Waals surface area contributed by atoms with Gasteiger partial charge in [-0.2, -0.15) is 13.2 Å². The molecule has 176 valence electrons. The first-order valence-corrected chi connectivity index (χ1v) is 10.2. The zero-order valence-corrected chi connectivity index (χ0v) is 18.3. The first-order valence-electron chi connectivity index (χ1n) is 10.2. The molecule has 0 radical (unpaired) electrons. The molecule has 0 amide bonds. The molecule has 0 saturated heterocycles. The summed E-state index contributed by atoms with van der Waals surface area (Å²) in [5, 5.41) is 9.08. The highest BCUT2D eigenvalue weighted by Gasteiger charge is 2.30. The molecular formula is C24H24F3NO5. The van der Waals surface area contributed by atoms with Crippen LogP contribution in [0.2, 0.25) is 0 Å². The van der Waals surface area contributed by atoms with Crippen molar-refractivity contribution < 1.29 is 37.0 Å². The van der Waals surface area contributed by atoms with Crippen molar-refractivity contribution in [2.45, 2.75) is 38.5 Å². The summed E-state index contributed by atoms with van der Waals surface area (Å²) in [6.07, 6.45) is -5.07. The van der Waals surface area contributed by atoms with Gasteiger partial charge in [-0.25, -0.2) is 9.78 Å². The van der Waals surface area contributed by atoms with Crippen LogP contribution in [0.3, 0.4) is 0 Å². The van der Waals surface area contributed by atoms with Gasteiger partial charge in [0.15, 0.2) is 6.10 Å². The first kappa shape index (κ1) is 24.3. The summed E-state index contributed by atoms with van der Waals surface area (Å²) in [4.78, 5) is 15.5. The van der Waals surface area contributed by atoms with Crippen molar-refractivity contribution in [3.8, 4) is 17.2 Å². The Morgan fingerprint density at radius 2 is 1.76 bits per heavy atom. The summed E-state index contributed by atoms with van der Waals surface area (Å²) < 4.78 is 54.7. The number of nitrogens with zero attached hydrogens (tertiary/aromatic N) is 1. The van der Waals surface area contributed by atoms with Crippen molar-refractivity contribution in [1.82, 2.24) is 4.98 Å². The molecule has 33 heavy (non-hydrogen) atoms. The highest BCUT2D eigenvalue weighted by atomic mass is 19.4. The predicted molar refractivity (Wildman–Crippen MR) is 114 cm³/mol. The number of rotatable bonds is 9. The number of oxazole rings is 1. The van der Waals surface area contributed by atoms with Gasteiger partial charge in [-0.3, -0.25) is 0 Å². The van der Waals surface area contributed by atoms with Gasteiger partial charge in [-0.05, 0) is 48.9 Å². The summed E-state index contributed by atoms with van der Waals surface area (Å²) >= 11 is 0. The molecule has 0 fully saturated rings. The minimum atomic E-state index is -4.40. The van der Waals surface area contributed by atoms with Crippen molar-refractivity contribution in [3.63, 3.8) is 0 Å². The molecule has 0 aliphatic heterocycles. The Kier molecular flexibility index (Phi) is 7.43. The number of benzene rings is 2. The van der Waals surface area contributed by atoms with Gasteiger partial charge in [0.1, 0.15) is 11.5 Å². The van der Waals surface area contributed by atoms with Gasteiger partial charge in [0.2, 0.25) is 5.89 Å². The van der Waals surface area contributed by atoms with E-state index in [9.17, 15) is 18.0 Å². The number of carboxylic acid groups (broad SMARTS) is 1. The quantitative estimate of drug-likeness (QED) is 0.452. The van der Waals surface area contributed by atoms with Crippen molar-refractivity contribution in [2.75, 3.05) is 13.7 Å². The number of hydrogen-bond acceptors (Lipinski definition) is 5. The van der Waals surface area contributed by atoms with E-state index in [2.05, 4.69) is 4.98 Å². The van der Waals surface area contributed by atoms with Gasteiger partial charge in [-0.1, -0.05) is 19.1 Å². The third-order valence-corrected chi connectivity index (χ3v) is 5.16. The fourth-order valence-corrected chi connectivity index (χ4v) is 3.30. The number of carboxylic acids is 1. The fourth-order valence-electron chi connectivity index (χ4n) is 3.30. The molecule has 0 aliphatic carbocycles. The lowest BCUT2D eigenvalue weighted by molar-refractivity contribution is -0.148. The molecule has 1 aromatic heterocycles. The largest absolute Gasteiger partial charge is 0.493 e. The van der Waals surface area contributed by atoms with Crippen LogP contribution in [0.1, 0.15) is 35.4 Å². The Hall–Kier alpha value is -3.33. The van der Waals surface area contributed by atoms with E-state index in [-0.39, 0.29) is 18.2 Å². The summed E-state index contributed by atoms with van der Waals surface area (Å²) in [5.74, 6) is 0.264. The number of carbonyl (C=O) groups is 1.